The third-order valence-electron chi connectivity index (χ3n) is 3.90. The number of anilines is 1. The summed E-state index contributed by atoms with van der Waals surface area (Å²) >= 11 is 0. The maximum absolute atomic E-state index is 12.4. The molecule has 2 aromatic rings. The molecule has 0 spiro atoms. The van der Waals surface area contributed by atoms with E-state index in [2.05, 4.69) is 17.0 Å². The molecule has 0 saturated heterocycles. The number of hydrogen-bond acceptors (Lipinski definition) is 4. The summed E-state index contributed by atoms with van der Waals surface area (Å²) in [5.74, 6) is -0.0448. The number of hydrogen-bond donors (Lipinski definition) is 1. The summed E-state index contributed by atoms with van der Waals surface area (Å²) in [4.78, 5) is 24.0. The fraction of sp³-hybridized carbons (Fsp3) is 0.333. The number of benzene rings is 2. The number of esters is 1. The Morgan fingerprint density at radius 2 is 1.73 bits per heavy atom. The fourth-order valence-electron chi connectivity index (χ4n) is 2.49. The number of amides is 1. The number of unbranched alkanes of at least 4 members (excludes halogenated alkanes) is 3. The van der Waals surface area contributed by atoms with Crippen LogP contribution in [0, 0.1) is 0 Å². The lowest BCUT2D eigenvalue weighted by Crippen LogP contribution is -2.13. The van der Waals surface area contributed by atoms with Crippen LogP contribution in [0.2, 0.25) is 0 Å². The minimum absolute atomic E-state index is 0.296. The zero-order chi connectivity index (χ0) is 18.8. The van der Waals surface area contributed by atoms with Gasteiger partial charge < -0.3 is 14.8 Å². The van der Waals surface area contributed by atoms with E-state index in [-0.39, 0.29) is 5.91 Å². The summed E-state index contributed by atoms with van der Waals surface area (Å²) in [6.45, 7) is 2.84. The van der Waals surface area contributed by atoms with Gasteiger partial charge in [0.05, 0.1) is 19.3 Å². The lowest BCUT2D eigenvalue weighted by Gasteiger charge is -2.10. The predicted molar refractivity (Wildman–Crippen MR) is 102 cm³/mol. The lowest BCUT2D eigenvalue weighted by atomic mass is 10.1. The number of carbonyl (C=O) groups is 2. The second-order valence-electron chi connectivity index (χ2n) is 5.96. The fourth-order valence-corrected chi connectivity index (χ4v) is 2.49. The van der Waals surface area contributed by atoms with E-state index in [4.69, 9.17) is 4.74 Å². The molecule has 138 valence electrons. The van der Waals surface area contributed by atoms with Gasteiger partial charge in [-0.1, -0.05) is 38.3 Å². The highest BCUT2D eigenvalue weighted by Gasteiger charge is 2.11. The molecule has 0 atom stereocenters. The summed E-state index contributed by atoms with van der Waals surface area (Å²) < 4.78 is 10.4. The van der Waals surface area contributed by atoms with Crippen LogP contribution in [-0.2, 0) is 4.74 Å². The monoisotopic (exact) mass is 355 g/mol. The van der Waals surface area contributed by atoms with Crippen LogP contribution in [0.1, 0.15) is 53.3 Å². The Bertz CT molecular complexity index is 742. The molecule has 0 bridgehead atoms. The van der Waals surface area contributed by atoms with E-state index in [0.29, 0.717) is 23.4 Å². The minimum atomic E-state index is -0.474. The van der Waals surface area contributed by atoms with Crippen molar-refractivity contribution in [3.63, 3.8) is 0 Å². The van der Waals surface area contributed by atoms with Gasteiger partial charge in [-0.15, -0.1) is 0 Å². The molecule has 2 rings (SSSR count). The van der Waals surface area contributed by atoms with Crippen LogP contribution in [0.3, 0.4) is 0 Å². The Morgan fingerprint density at radius 3 is 2.50 bits per heavy atom. The van der Waals surface area contributed by atoms with Crippen LogP contribution in [-0.4, -0.2) is 25.6 Å². The molecular formula is C21H25NO4. The van der Waals surface area contributed by atoms with Crippen LogP contribution in [0.25, 0.3) is 0 Å². The van der Waals surface area contributed by atoms with Crippen molar-refractivity contribution in [2.75, 3.05) is 19.0 Å². The van der Waals surface area contributed by atoms with Crippen molar-refractivity contribution < 1.29 is 19.1 Å². The molecule has 0 saturated carbocycles. The molecule has 0 heterocycles. The summed E-state index contributed by atoms with van der Waals surface area (Å²) in [7, 11) is 1.31. The largest absolute Gasteiger partial charge is 0.494 e. The molecule has 2 aromatic carbocycles. The second-order valence-corrected chi connectivity index (χ2v) is 5.96. The summed E-state index contributed by atoms with van der Waals surface area (Å²) in [5, 5.41) is 2.82. The van der Waals surface area contributed by atoms with E-state index in [0.717, 1.165) is 18.6 Å². The van der Waals surface area contributed by atoms with Crippen molar-refractivity contribution in [2.24, 2.45) is 0 Å². The Balaban J connectivity index is 1.96. The molecule has 0 aliphatic rings. The van der Waals surface area contributed by atoms with E-state index in [1.54, 1.807) is 30.3 Å². The van der Waals surface area contributed by atoms with Crippen molar-refractivity contribution in [3.05, 3.63) is 59.7 Å². The Labute approximate surface area is 154 Å². The van der Waals surface area contributed by atoms with Gasteiger partial charge in [-0.2, -0.15) is 0 Å². The highest BCUT2D eigenvalue weighted by atomic mass is 16.5. The molecule has 0 unspecified atom stereocenters. The number of carbonyl (C=O) groups excluding carboxylic acids is 2. The summed E-state index contributed by atoms with van der Waals surface area (Å²) in [6.07, 6.45) is 4.58. The molecule has 5 heteroatoms. The first-order valence-electron chi connectivity index (χ1n) is 8.86. The van der Waals surface area contributed by atoms with E-state index < -0.39 is 5.97 Å². The first kappa shape index (κ1) is 19.5. The van der Waals surface area contributed by atoms with E-state index in [9.17, 15) is 9.59 Å². The van der Waals surface area contributed by atoms with Gasteiger partial charge in [-0.3, -0.25) is 4.79 Å². The van der Waals surface area contributed by atoms with Gasteiger partial charge in [-0.25, -0.2) is 4.79 Å². The molecule has 5 nitrogen and oxygen atoms in total. The Hall–Kier alpha value is -2.82. The van der Waals surface area contributed by atoms with Crippen LogP contribution in [0.4, 0.5) is 5.69 Å². The van der Waals surface area contributed by atoms with E-state index >= 15 is 0 Å². The van der Waals surface area contributed by atoms with Crippen LogP contribution in [0.15, 0.2) is 48.5 Å². The SMILES string of the molecule is CCCCCCOc1cccc(NC(=O)c2cccc(C(=O)OC)c2)c1. The van der Waals surface area contributed by atoms with Gasteiger partial charge in [0.1, 0.15) is 5.75 Å². The van der Waals surface area contributed by atoms with Gasteiger partial charge >= 0.3 is 5.97 Å². The van der Waals surface area contributed by atoms with Crippen LogP contribution < -0.4 is 10.1 Å². The standard InChI is InChI=1S/C21H25NO4/c1-3-4-5-6-13-26-19-12-8-11-18(15-19)22-20(23)16-9-7-10-17(14-16)21(24)25-2/h7-12,14-15H,3-6,13H2,1-2H3,(H,22,23). The lowest BCUT2D eigenvalue weighted by molar-refractivity contribution is 0.0600. The van der Waals surface area contributed by atoms with Gasteiger partial charge in [0, 0.05) is 17.3 Å². The number of nitrogens with one attached hydrogen (secondary N) is 1. The third-order valence-corrected chi connectivity index (χ3v) is 3.90. The molecule has 1 N–H and O–H groups in total. The molecule has 1 amide bonds. The Kier molecular flexibility index (Phi) is 7.68. The van der Waals surface area contributed by atoms with Crippen LogP contribution in [0.5, 0.6) is 5.75 Å². The average Bonchev–Trinajstić information content (AvgIpc) is 2.67. The molecule has 0 fully saturated rings. The molecule has 26 heavy (non-hydrogen) atoms. The van der Waals surface area contributed by atoms with Gasteiger partial charge in [0.15, 0.2) is 0 Å². The maximum Gasteiger partial charge on any atom is 0.337 e. The summed E-state index contributed by atoms with van der Waals surface area (Å²) in [5.41, 5.74) is 1.37. The predicted octanol–water partition coefficient (Wildman–Crippen LogP) is 4.68. The minimum Gasteiger partial charge on any atom is -0.494 e. The first-order chi connectivity index (χ1) is 12.6. The zero-order valence-electron chi connectivity index (χ0n) is 15.3. The summed E-state index contributed by atoms with van der Waals surface area (Å²) in [6, 6.07) is 13.7. The van der Waals surface area contributed by atoms with Crippen molar-refractivity contribution in [1.82, 2.24) is 0 Å². The third kappa shape index (κ3) is 5.92. The molecular weight excluding hydrogens is 330 g/mol. The van der Waals surface area contributed by atoms with Gasteiger partial charge in [-0.05, 0) is 36.8 Å². The topological polar surface area (TPSA) is 64.6 Å². The normalized spacial score (nSPS) is 10.2. The Morgan fingerprint density at radius 1 is 0.962 bits per heavy atom. The molecule has 0 radical (unpaired) electrons. The highest BCUT2D eigenvalue weighted by Crippen LogP contribution is 2.19. The maximum atomic E-state index is 12.4. The van der Waals surface area contributed by atoms with Gasteiger partial charge in [0.25, 0.3) is 5.91 Å². The quantitative estimate of drug-likeness (QED) is 0.524. The first-order valence-corrected chi connectivity index (χ1v) is 8.86. The molecule has 0 aliphatic carbocycles. The van der Waals surface area contributed by atoms with E-state index in [1.165, 1.54) is 26.0 Å². The number of ether oxygens (including phenoxy) is 2. The highest BCUT2D eigenvalue weighted by molar-refractivity contribution is 6.05. The second kappa shape index (κ2) is 10.2. The van der Waals surface area contributed by atoms with Crippen molar-refractivity contribution >= 4 is 17.6 Å². The zero-order valence-corrected chi connectivity index (χ0v) is 15.3. The van der Waals surface area contributed by atoms with E-state index in [1.807, 2.05) is 12.1 Å². The van der Waals surface area contributed by atoms with Crippen molar-refractivity contribution in [1.29, 1.82) is 0 Å². The van der Waals surface area contributed by atoms with Crippen molar-refractivity contribution in [2.45, 2.75) is 32.6 Å². The van der Waals surface area contributed by atoms with Crippen LogP contribution >= 0.6 is 0 Å². The average molecular weight is 355 g/mol. The molecule has 0 aromatic heterocycles. The van der Waals surface area contributed by atoms with Gasteiger partial charge in [0.2, 0.25) is 0 Å². The number of rotatable bonds is 9. The number of methoxy groups -OCH3 is 1. The smallest absolute Gasteiger partial charge is 0.337 e. The van der Waals surface area contributed by atoms with Crippen molar-refractivity contribution in [3.8, 4) is 5.75 Å². The molecule has 0 aliphatic heterocycles.